The number of benzene rings is 1. The number of ether oxygens (including phenoxy) is 2. The highest BCUT2D eigenvalue weighted by atomic mass is 16.5. The fourth-order valence-electron chi connectivity index (χ4n) is 2.47. The fourth-order valence-corrected chi connectivity index (χ4v) is 2.47. The van der Waals surface area contributed by atoms with Crippen LogP contribution in [0.15, 0.2) is 27.7 Å². The third kappa shape index (κ3) is 6.84. The Kier molecular flexibility index (Phi) is 8.74. The molecule has 2 aromatic rings. The van der Waals surface area contributed by atoms with E-state index in [-0.39, 0.29) is 5.92 Å². The molecule has 1 heterocycles. The molecule has 28 heavy (non-hydrogen) atoms. The Labute approximate surface area is 166 Å². The maximum atomic E-state index is 5.83. The molecule has 0 atom stereocenters. The van der Waals surface area contributed by atoms with Crippen molar-refractivity contribution in [3.05, 3.63) is 41.0 Å². The van der Waals surface area contributed by atoms with E-state index in [4.69, 9.17) is 14.0 Å². The molecule has 0 aliphatic carbocycles. The maximum Gasteiger partial charge on any atom is 0.228 e. The molecule has 0 radical (unpaired) electrons. The largest absolute Gasteiger partial charge is 0.491 e. The van der Waals surface area contributed by atoms with E-state index in [2.05, 4.69) is 37.9 Å². The van der Waals surface area contributed by atoms with Crippen LogP contribution >= 0.6 is 0 Å². The first kappa shape index (κ1) is 21.7. The van der Waals surface area contributed by atoms with E-state index < -0.39 is 0 Å². The topological polar surface area (TPSA) is 93.8 Å². The Morgan fingerprint density at radius 2 is 2.07 bits per heavy atom. The van der Waals surface area contributed by atoms with Crippen molar-refractivity contribution in [1.82, 2.24) is 20.8 Å². The highest BCUT2D eigenvalue weighted by Gasteiger charge is 2.10. The molecule has 8 heteroatoms. The smallest absolute Gasteiger partial charge is 0.228 e. The maximum absolute atomic E-state index is 5.83. The van der Waals surface area contributed by atoms with Gasteiger partial charge in [0.05, 0.1) is 6.61 Å². The van der Waals surface area contributed by atoms with E-state index in [0.717, 1.165) is 22.7 Å². The fraction of sp³-hybridized carbons (Fsp3) is 0.550. The summed E-state index contributed by atoms with van der Waals surface area (Å²) in [6.45, 7) is 8.43. The van der Waals surface area contributed by atoms with Crippen LogP contribution in [0.4, 0.5) is 0 Å². The lowest BCUT2D eigenvalue weighted by Crippen LogP contribution is -2.38. The minimum Gasteiger partial charge on any atom is -0.491 e. The molecule has 0 fully saturated rings. The minimum absolute atomic E-state index is 0.259. The summed E-state index contributed by atoms with van der Waals surface area (Å²) in [6.07, 6.45) is 0.635. The van der Waals surface area contributed by atoms with Crippen molar-refractivity contribution in [1.29, 1.82) is 0 Å². The predicted molar refractivity (Wildman–Crippen MR) is 109 cm³/mol. The van der Waals surface area contributed by atoms with Crippen LogP contribution < -0.4 is 15.4 Å². The summed E-state index contributed by atoms with van der Waals surface area (Å²) in [4.78, 5) is 8.63. The van der Waals surface area contributed by atoms with Crippen molar-refractivity contribution >= 4 is 5.96 Å². The minimum atomic E-state index is 0.259. The van der Waals surface area contributed by atoms with Crippen molar-refractivity contribution < 1.29 is 14.0 Å². The van der Waals surface area contributed by atoms with Crippen LogP contribution in [0.5, 0.6) is 5.75 Å². The number of guanidine groups is 1. The van der Waals surface area contributed by atoms with Gasteiger partial charge in [0, 0.05) is 45.1 Å². The van der Waals surface area contributed by atoms with Gasteiger partial charge in [-0.05, 0) is 18.6 Å². The second-order valence-corrected chi connectivity index (χ2v) is 6.76. The molecule has 0 saturated heterocycles. The van der Waals surface area contributed by atoms with Gasteiger partial charge < -0.3 is 24.6 Å². The van der Waals surface area contributed by atoms with Crippen LogP contribution in [0.2, 0.25) is 0 Å². The van der Waals surface area contributed by atoms with Crippen molar-refractivity contribution in [2.24, 2.45) is 4.99 Å². The number of methoxy groups -OCH3 is 1. The zero-order valence-corrected chi connectivity index (χ0v) is 17.4. The first-order valence-electron chi connectivity index (χ1n) is 9.51. The van der Waals surface area contributed by atoms with Crippen LogP contribution in [0.3, 0.4) is 0 Å². The lowest BCUT2D eigenvalue weighted by atomic mass is 10.1. The average Bonchev–Trinajstić information content (AvgIpc) is 3.15. The standard InChI is InChI=1S/C20H31N5O3/c1-14(2)19-24-18(28-25-19)8-9-22-20(21-4)23-13-16-7-6-15(3)12-17(16)27-11-10-26-5/h6-7,12,14H,8-11,13H2,1-5H3,(H2,21,22,23). The molecule has 1 aromatic heterocycles. The second kappa shape index (κ2) is 11.3. The number of rotatable bonds is 10. The third-order valence-electron chi connectivity index (χ3n) is 4.07. The van der Waals surface area contributed by atoms with Gasteiger partial charge in [-0.15, -0.1) is 0 Å². The first-order chi connectivity index (χ1) is 13.5. The zero-order chi connectivity index (χ0) is 20.4. The van der Waals surface area contributed by atoms with Gasteiger partial charge in [0.25, 0.3) is 0 Å². The van der Waals surface area contributed by atoms with E-state index >= 15 is 0 Å². The number of hydrogen-bond acceptors (Lipinski definition) is 6. The van der Waals surface area contributed by atoms with Crippen molar-refractivity contribution in [2.75, 3.05) is 33.9 Å². The predicted octanol–water partition coefficient (Wildman–Crippen LogP) is 2.43. The summed E-state index contributed by atoms with van der Waals surface area (Å²) >= 11 is 0. The van der Waals surface area contributed by atoms with Crippen LogP contribution in [0.1, 0.15) is 42.6 Å². The van der Waals surface area contributed by atoms with E-state index in [1.807, 2.05) is 26.8 Å². The molecule has 0 bridgehead atoms. The Morgan fingerprint density at radius 3 is 2.75 bits per heavy atom. The van der Waals surface area contributed by atoms with Crippen LogP contribution in [0, 0.1) is 6.92 Å². The Bertz CT molecular complexity index is 758. The summed E-state index contributed by atoms with van der Waals surface area (Å²) in [5.74, 6) is 3.17. The van der Waals surface area contributed by atoms with Gasteiger partial charge in [-0.1, -0.05) is 31.1 Å². The van der Waals surface area contributed by atoms with Gasteiger partial charge >= 0.3 is 0 Å². The molecule has 1 aromatic carbocycles. The molecule has 154 valence electrons. The summed E-state index contributed by atoms with van der Waals surface area (Å²) in [7, 11) is 3.40. The number of nitrogens with one attached hydrogen (secondary N) is 2. The van der Waals surface area contributed by atoms with Crippen molar-refractivity contribution in [2.45, 2.75) is 39.7 Å². The molecule has 8 nitrogen and oxygen atoms in total. The summed E-state index contributed by atoms with van der Waals surface area (Å²) < 4.78 is 16.1. The Morgan fingerprint density at radius 1 is 1.25 bits per heavy atom. The number of aryl methyl sites for hydroxylation is 1. The van der Waals surface area contributed by atoms with Crippen LogP contribution in [0.25, 0.3) is 0 Å². The van der Waals surface area contributed by atoms with E-state index in [1.165, 1.54) is 0 Å². The molecule has 0 spiro atoms. The number of nitrogens with zero attached hydrogens (tertiary/aromatic N) is 3. The van der Waals surface area contributed by atoms with Gasteiger partial charge in [0.2, 0.25) is 5.89 Å². The Balaban J connectivity index is 1.84. The van der Waals surface area contributed by atoms with E-state index in [0.29, 0.717) is 44.6 Å². The van der Waals surface area contributed by atoms with Crippen LogP contribution in [-0.2, 0) is 17.7 Å². The molecular formula is C20H31N5O3. The number of hydrogen-bond donors (Lipinski definition) is 2. The molecule has 2 rings (SSSR count). The average molecular weight is 390 g/mol. The van der Waals surface area contributed by atoms with Gasteiger partial charge in [-0.25, -0.2) is 0 Å². The summed E-state index contributed by atoms with van der Waals surface area (Å²) in [6, 6.07) is 6.16. The lowest BCUT2D eigenvalue weighted by Gasteiger charge is -2.15. The normalized spacial score (nSPS) is 11.7. The highest BCUT2D eigenvalue weighted by molar-refractivity contribution is 5.79. The molecule has 0 amide bonds. The molecule has 0 aliphatic rings. The van der Waals surface area contributed by atoms with E-state index in [9.17, 15) is 0 Å². The van der Waals surface area contributed by atoms with Gasteiger partial charge in [0.15, 0.2) is 11.8 Å². The second-order valence-electron chi connectivity index (χ2n) is 6.76. The molecule has 0 saturated carbocycles. The quantitative estimate of drug-likeness (QED) is 0.366. The molecule has 0 unspecified atom stereocenters. The lowest BCUT2D eigenvalue weighted by molar-refractivity contribution is 0.145. The van der Waals surface area contributed by atoms with Crippen LogP contribution in [-0.4, -0.2) is 50.0 Å². The monoisotopic (exact) mass is 389 g/mol. The third-order valence-corrected chi connectivity index (χ3v) is 4.07. The first-order valence-corrected chi connectivity index (χ1v) is 9.51. The SMILES string of the molecule is CN=C(NCCc1nc(C(C)C)no1)NCc1ccc(C)cc1OCCOC. The van der Waals surface area contributed by atoms with Gasteiger partial charge in [0.1, 0.15) is 12.4 Å². The Hall–Kier alpha value is -2.61. The highest BCUT2D eigenvalue weighted by Crippen LogP contribution is 2.20. The van der Waals surface area contributed by atoms with Crippen molar-refractivity contribution in [3.63, 3.8) is 0 Å². The molecular weight excluding hydrogens is 358 g/mol. The summed E-state index contributed by atoms with van der Waals surface area (Å²) in [5, 5.41) is 10.5. The van der Waals surface area contributed by atoms with E-state index in [1.54, 1.807) is 14.2 Å². The van der Waals surface area contributed by atoms with Gasteiger partial charge in [-0.2, -0.15) is 4.98 Å². The summed E-state index contributed by atoms with van der Waals surface area (Å²) in [5.41, 5.74) is 2.21. The number of aliphatic imine (C=N–C) groups is 1. The van der Waals surface area contributed by atoms with Crippen molar-refractivity contribution in [3.8, 4) is 5.75 Å². The zero-order valence-electron chi connectivity index (χ0n) is 17.4. The molecule has 0 aliphatic heterocycles. The van der Waals surface area contributed by atoms with Gasteiger partial charge in [-0.3, -0.25) is 4.99 Å². The number of aromatic nitrogens is 2. The molecule has 2 N–H and O–H groups in total.